The maximum atomic E-state index is 12.1. The van der Waals surface area contributed by atoms with Crippen LogP contribution >= 0.6 is 0 Å². The van der Waals surface area contributed by atoms with Crippen LogP contribution in [0.4, 0.5) is 5.69 Å². The second kappa shape index (κ2) is 4.33. The lowest BCUT2D eigenvalue weighted by Crippen LogP contribution is -2.34. The minimum absolute atomic E-state index is 0.120. The largest absolute Gasteiger partial charge is 0.388 e. The fourth-order valence-electron chi connectivity index (χ4n) is 1.95. The Bertz CT molecular complexity index is 414. The Morgan fingerprint density at radius 3 is 2.82 bits per heavy atom. The number of carbonyl (C=O) groups is 1. The number of hydrogen-bond acceptors (Lipinski definition) is 4. The molecule has 0 aliphatic carbocycles. The van der Waals surface area contributed by atoms with Gasteiger partial charge in [0.2, 0.25) is 0 Å². The molecular formula is C12H17N3O2. The number of aromatic nitrogens is 1. The van der Waals surface area contributed by atoms with Crippen LogP contribution in [0.15, 0.2) is 18.3 Å². The highest BCUT2D eigenvalue weighted by Crippen LogP contribution is 2.21. The molecule has 1 aliphatic rings. The lowest BCUT2D eigenvalue weighted by molar-refractivity contribution is 0.0569. The van der Waals surface area contributed by atoms with Gasteiger partial charge in [0.05, 0.1) is 17.5 Å². The van der Waals surface area contributed by atoms with Crippen molar-refractivity contribution in [2.24, 2.45) is 0 Å². The highest BCUT2D eigenvalue weighted by atomic mass is 16.3. The van der Waals surface area contributed by atoms with Gasteiger partial charge in [-0.2, -0.15) is 0 Å². The van der Waals surface area contributed by atoms with Crippen LogP contribution in [0.1, 0.15) is 23.8 Å². The summed E-state index contributed by atoms with van der Waals surface area (Å²) in [7, 11) is 1.80. The van der Waals surface area contributed by atoms with Crippen LogP contribution in [-0.4, -0.2) is 46.6 Å². The zero-order valence-electron chi connectivity index (χ0n) is 10.1. The van der Waals surface area contributed by atoms with Crippen LogP contribution in [0.2, 0.25) is 0 Å². The molecule has 0 radical (unpaired) electrons. The molecular weight excluding hydrogens is 218 g/mol. The fourth-order valence-corrected chi connectivity index (χ4v) is 1.95. The van der Waals surface area contributed by atoms with Gasteiger partial charge < -0.3 is 15.3 Å². The van der Waals surface area contributed by atoms with Gasteiger partial charge in [0.25, 0.3) is 5.91 Å². The number of carbonyl (C=O) groups excluding carboxylic acids is 1. The van der Waals surface area contributed by atoms with Crippen molar-refractivity contribution < 1.29 is 9.90 Å². The van der Waals surface area contributed by atoms with Crippen molar-refractivity contribution in [1.29, 1.82) is 0 Å². The molecule has 0 spiro atoms. The van der Waals surface area contributed by atoms with Gasteiger partial charge in [0.15, 0.2) is 0 Å². The SMILES string of the molecule is CNc1ccc(C(=O)N2CCC(C)(O)C2)nc1. The van der Waals surface area contributed by atoms with Crippen molar-refractivity contribution >= 4 is 11.6 Å². The number of likely N-dealkylation sites (tertiary alicyclic amines) is 1. The summed E-state index contributed by atoms with van der Waals surface area (Å²) in [6.07, 6.45) is 2.24. The van der Waals surface area contributed by atoms with Crippen LogP contribution in [0.25, 0.3) is 0 Å². The molecule has 1 aromatic rings. The number of anilines is 1. The molecule has 1 aliphatic heterocycles. The number of aliphatic hydroxyl groups is 1. The number of amides is 1. The lowest BCUT2D eigenvalue weighted by atomic mass is 10.1. The molecule has 1 aromatic heterocycles. The summed E-state index contributed by atoms with van der Waals surface area (Å²) >= 11 is 0. The standard InChI is InChI=1S/C12H17N3O2/c1-12(17)5-6-15(8-12)11(16)10-4-3-9(13-2)7-14-10/h3-4,7,13,17H,5-6,8H2,1-2H3. The minimum Gasteiger partial charge on any atom is -0.388 e. The van der Waals surface area contributed by atoms with Gasteiger partial charge in [-0.25, -0.2) is 4.98 Å². The average Bonchev–Trinajstić information content (AvgIpc) is 2.69. The molecule has 0 saturated carbocycles. The molecule has 2 rings (SSSR count). The predicted octanol–water partition coefficient (Wildman–Crippen LogP) is 0.720. The normalized spacial score (nSPS) is 23.8. The van der Waals surface area contributed by atoms with E-state index in [1.807, 2.05) is 6.07 Å². The number of nitrogens with zero attached hydrogens (tertiary/aromatic N) is 2. The van der Waals surface area contributed by atoms with E-state index in [9.17, 15) is 9.90 Å². The number of β-amino-alcohol motifs (C(OH)–C–C–N with tert-alkyl or cyclic N) is 1. The third-order valence-electron chi connectivity index (χ3n) is 3.01. The van der Waals surface area contributed by atoms with Gasteiger partial charge >= 0.3 is 0 Å². The van der Waals surface area contributed by atoms with Crippen molar-refractivity contribution in [3.05, 3.63) is 24.0 Å². The molecule has 92 valence electrons. The van der Waals surface area contributed by atoms with Gasteiger partial charge in [-0.1, -0.05) is 0 Å². The Balaban J connectivity index is 2.09. The van der Waals surface area contributed by atoms with Crippen molar-refractivity contribution in [2.45, 2.75) is 18.9 Å². The van der Waals surface area contributed by atoms with E-state index in [0.29, 0.717) is 25.2 Å². The van der Waals surface area contributed by atoms with Gasteiger partial charge in [-0.05, 0) is 25.5 Å². The molecule has 1 saturated heterocycles. The van der Waals surface area contributed by atoms with Crippen LogP contribution < -0.4 is 5.32 Å². The molecule has 5 heteroatoms. The molecule has 2 N–H and O–H groups in total. The Kier molecular flexibility index (Phi) is 3.02. The first-order chi connectivity index (χ1) is 8.02. The molecule has 1 fully saturated rings. The maximum absolute atomic E-state index is 12.1. The molecule has 1 atom stereocenters. The van der Waals surface area contributed by atoms with E-state index in [4.69, 9.17) is 0 Å². The van der Waals surface area contributed by atoms with Crippen LogP contribution in [0, 0.1) is 0 Å². The second-order valence-corrected chi connectivity index (χ2v) is 4.66. The Labute approximate surface area is 100 Å². The zero-order valence-corrected chi connectivity index (χ0v) is 10.1. The van der Waals surface area contributed by atoms with Crippen molar-refractivity contribution in [3.63, 3.8) is 0 Å². The first-order valence-electron chi connectivity index (χ1n) is 5.67. The van der Waals surface area contributed by atoms with E-state index in [1.165, 1.54) is 0 Å². The average molecular weight is 235 g/mol. The van der Waals surface area contributed by atoms with Gasteiger partial charge in [-0.15, -0.1) is 0 Å². The van der Waals surface area contributed by atoms with Crippen molar-refractivity contribution in [2.75, 3.05) is 25.5 Å². The van der Waals surface area contributed by atoms with Gasteiger partial charge in [0, 0.05) is 20.1 Å². The Morgan fingerprint density at radius 1 is 1.59 bits per heavy atom. The number of hydrogen-bond donors (Lipinski definition) is 2. The highest BCUT2D eigenvalue weighted by molar-refractivity contribution is 5.92. The van der Waals surface area contributed by atoms with Crippen LogP contribution in [-0.2, 0) is 0 Å². The first kappa shape index (κ1) is 11.9. The third kappa shape index (κ3) is 2.55. The Hall–Kier alpha value is -1.62. The number of pyridine rings is 1. The molecule has 0 bridgehead atoms. The van der Waals surface area contributed by atoms with E-state index in [-0.39, 0.29) is 5.91 Å². The summed E-state index contributed by atoms with van der Waals surface area (Å²) in [6.45, 7) is 2.71. The van der Waals surface area contributed by atoms with Gasteiger partial charge in [0.1, 0.15) is 5.69 Å². The minimum atomic E-state index is -0.763. The van der Waals surface area contributed by atoms with Crippen molar-refractivity contribution in [3.8, 4) is 0 Å². The quantitative estimate of drug-likeness (QED) is 0.792. The summed E-state index contributed by atoms with van der Waals surface area (Å²) < 4.78 is 0. The summed E-state index contributed by atoms with van der Waals surface area (Å²) in [4.78, 5) is 17.8. The highest BCUT2D eigenvalue weighted by Gasteiger charge is 2.34. The van der Waals surface area contributed by atoms with E-state index >= 15 is 0 Å². The molecule has 0 aromatic carbocycles. The fraction of sp³-hybridized carbons (Fsp3) is 0.500. The smallest absolute Gasteiger partial charge is 0.272 e. The monoisotopic (exact) mass is 235 g/mol. The maximum Gasteiger partial charge on any atom is 0.272 e. The Morgan fingerprint density at radius 2 is 2.35 bits per heavy atom. The van der Waals surface area contributed by atoms with Gasteiger partial charge in [-0.3, -0.25) is 4.79 Å². The lowest BCUT2D eigenvalue weighted by Gasteiger charge is -2.18. The molecule has 5 nitrogen and oxygen atoms in total. The molecule has 1 amide bonds. The summed E-state index contributed by atoms with van der Waals surface area (Å²) in [6, 6.07) is 3.51. The van der Waals surface area contributed by atoms with Crippen molar-refractivity contribution in [1.82, 2.24) is 9.88 Å². The number of nitrogens with one attached hydrogen (secondary N) is 1. The predicted molar refractivity (Wildman–Crippen MR) is 64.9 cm³/mol. The topological polar surface area (TPSA) is 65.5 Å². The van der Waals surface area contributed by atoms with Crippen LogP contribution in [0.3, 0.4) is 0 Å². The third-order valence-corrected chi connectivity index (χ3v) is 3.01. The summed E-state index contributed by atoms with van der Waals surface area (Å²) in [5.41, 5.74) is 0.525. The summed E-state index contributed by atoms with van der Waals surface area (Å²) in [5, 5.41) is 12.8. The second-order valence-electron chi connectivity index (χ2n) is 4.66. The molecule has 17 heavy (non-hydrogen) atoms. The van der Waals surface area contributed by atoms with E-state index in [0.717, 1.165) is 5.69 Å². The summed E-state index contributed by atoms with van der Waals surface area (Å²) in [5.74, 6) is -0.120. The van der Waals surface area contributed by atoms with E-state index in [2.05, 4.69) is 10.3 Å². The van der Waals surface area contributed by atoms with E-state index in [1.54, 1.807) is 31.1 Å². The number of rotatable bonds is 2. The molecule has 2 heterocycles. The first-order valence-corrected chi connectivity index (χ1v) is 5.67. The van der Waals surface area contributed by atoms with Crippen LogP contribution in [0.5, 0.6) is 0 Å². The zero-order chi connectivity index (χ0) is 12.5. The van der Waals surface area contributed by atoms with E-state index < -0.39 is 5.60 Å². The molecule has 1 unspecified atom stereocenters.